The number of nitrogens with zero attached hydrogens (tertiary/aromatic N) is 1. The number of rotatable bonds is 4. The zero-order valence-corrected chi connectivity index (χ0v) is 10.1. The first-order valence-electron chi connectivity index (χ1n) is 5.88. The van der Waals surface area contributed by atoms with Gasteiger partial charge in [-0.05, 0) is 24.1 Å². The summed E-state index contributed by atoms with van der Waals surface area (Å²) in [5.74, 6) is -1.13. The van der Waals surface area contributed by atoms with Crippen LogP contribution < -0.4 is 0 Å². The van der Waals surface area contributed by atoms with Crippen molar-refractivity contribution in [2.75, 3.05) is 0 Å². The van der Waals surface area contributed by atoms with Gasteiger partial charge in [-0.3, -0.25) is 0 Å². The lowest BCUT2D eigenvalue weighted by Crippen LogP contribution is -2.00. The second-order valence-electron chi connectivity index (χ2n) is 4.28. The number of aliphatic hydroxyl groups excluding tert-OH is 1. The molecule has 2 nitrogen and oxygen atoms in total. The summed E-state index contributed by atoms with van der Waals surface area (Å²) >= 11 is 0. The van der Waals surface area contributed by atoms with E-state index in [2.05, 4.69) is 0 Å². The molecule has 0 bridgehead atoms. The van der Waals surface area contributed by atoms with Crippen LogP contribution in [-0.2, 0) is 6.54 Å². The first-order valence-corrected chi connectivity index (χ1v) is 5.88. The third kappa shape index (κ3) is 2.76. The van der Waals surface area contributed by atoms with Crippen LogP contribution in [0.5, 0.6) is 0 Å². The van der Waals surface area contributed by atoms with E-state index in [9.17, 15) is 13.9 Å². The summed E-state index contributed by atoms with van der Waals surface area (Å²) in [6, 6.07) is 5.35. The maximum absolute atomic E-state index is 13.5. The van der Waals surface area contributed by atoms with E-state index >= 15 is 0 Å². The smallest absolute Gasteiger partial charge is 0.131 e. The number of hydrogen-bond donors (Lipinski definition) is 1. The minimum atomic E-state index is -0.578. The van der Waals surface area contributed by atoms with Gasteiger partial charge in [-0.15, -0.1) is 0 Å². The van der Waals surface area contributed by atoms with Gasteiger partial charge in [0.25, 0.3) is 0 Å². The van der Waals surface area contributed by atoms with Gasteiger partial charge in [0.1, 0.15) is 11.6 Å². The molecule has 1 aromatic heterocycles. The molecule has 0 aliphatic carbocycles. The van der Waals surface area contributed by atoms with E-state index in [1.807, 2.05) is 6.92 Å². The van der Waals surface area contributed by atoms with E-state index in [0.29, 0.717) is 18.5 Å². The molecule has 0 aliphatic heterocycles. The van der Waals surface area contributed by atoms with Crippen LogP contribution in [0.25, 0.3) is 0 Å². The molecule has 2 rings (SSSR count). The highest BCUT2D eigenvalue weighted by molar-refractivity contribution is 5.21. The summed E-state index contributed by atoms with van der Waals surface area (Å²) in [4.78, 5) is 0. The number of hydrogen-bond acceptors (Lipinski definition) is 1. The van der Waals surface area contributed by atoms with Crippen LogP contribution in [0.2, 0.25) is 0 Å². The predicted octanol–water partition coefficient (Wildman–Crippen LogP) is 3.26. The molecule has 0 saturated carbocycles. The van der Waals surface area contributed by atoms with Crippen molar-refractivity contribution in [3.8, 4) is 0 Å². The SMILES string of the molecule is CCC(O)c1ccn(Cc2ccc(F)cc2F)c1. The molecule has 4 heteroatoms. The molecule has 96 valence electrons. The quantitative estimate of drug-likeness (QED) is 0.886. The van der Waals surface area contributed by atoms with Crippen LogP contribution in [0.3, 0.4) is 0 Å². The van der Waals surface area contributed by atoms with Crippen LogP contribution in [-0.4, -0.2) is 9.67 Å². The third-order valence-electron chi connectivity index (χ3n) is 2.91. The second kappa shape index (κ2) is 5.31. The Labute approximate surface area is 104 Å². The van der Waals surface area contributed by atoms with Gasteiger partial charge < -0.3 is 9.67 Å². The fourth-order valence-electron chi connectivity index (χ4n) is 1.84. The highest BCUT2D eigenvalue weighted by atomic mass is 19.1. The van der Waals surface area contributed by atoms with E-state index in [1.54, 1.807) is 23.0 Å². The summed E-state index contributed by atoms with van der Waals surface area (Å²) in [6.07, 6.45) is 3.69. The Bertz CT molecular complexity index is 536. The summed E-state index contributed by atoms with van der Waals surface area (Å²) in [6.45, 7) is 2.21. The lowest BCUT2D eigenvalue weighted by Gasteiger charge is -2.06. The molecule has 0 radical (unpaired) electrons. The fraction of sp³-hybridized carbons (Fsp3) is 0.286. The molecule has 0 fully saturated rings. The highest BCUT2D eigenvalue weighted by Crippen LogP contribution is 2.18. The van der Waals surface area contributed by atoms with Crippen molar-refractivity contribution in [1.29, 1.82) is 0 Å². The average molecular weight is 251 g/mol. The predicted molar refractivity (Wildman–Crippen MR) is 65.1 cm³/mol. The minimum absolute atomic E-state index is 0.322. The Morgan fingerprint density at radius 1 is 1.28 bits per heavy atom. The lowest BCUT2D eigenvalue weighted by molar-refractivity contribution is 0.173. The standard InChI is InChI=1S/C14H15F2NO/c1-2-14(18)11-5-6-17(9-11)8-10-3-4-12(15)7-13(10)16/h3-7,9,14,18H,2,8H2,1H3. The van der Waals surface area contributed by atoms with Crippen LogP contribution in [0.4, 0.5) is 8.78 Å². The molecular weight excluding hydrogens is 236 g/mol. The van der Waals surface area contributed by atoms with Crippen molar-refractivity contribution < 1.29 is 13.9 Å². The Kier molecular flexibility index (Phi) is 3.77. The Morgan fingerprint density at radius 3 is 2.72 bits per heavy atom. The molecule has 18 heavy (non-hydrogen) atoms. The van der Waals surface area contributed by atoms with Gasteiger partial charge in [-0.2, -0.15) is 0 Å². The van der Waals surface area contributed by atoms with Gasteiger partial charge in [0.05, 0.1) is 6.10 Å². The van der Waals surface area contributed by atoms with Crippen molar-refractivity contribution in [3.63, 3.8) is 0 Å². The van der Waals surface area contributed by atoms with Gasteiger partial charge in [-0.1, -0.05) is 13.0 Å². The molecule has 0 spiro atoms. The van der Waals surface area contributed by atoms with Crippen molar-refractivity contribution in [1.82, 2.24) is 4.57 Å². The summed E-state index contributed by atoms with van der Waals surface area (Å²) in [5, 5.41) is 9.66. The Morgan fingerprint density at radius 2 is 2.06 bits per heavy atom. The van der Waals surface area contributed by atoms with Crippen molar-refractivity contribution in [2.24, 2.45) is 0 Å². The van der Waals surface area contributed by atoms with E-state index in [0.717, 1.165) is 11.6 Å². The molecule has 1 aromatic carbocycles. The summed E-state index contributed by atoms with van der Waals surface area (Å²) in [5.41, 5.74) is 1.23. The van der Waals surface area contributed by atoms with Gasteiger partial charge >= 0.3 is 0 Å². The number of aromatic nitrogens is 1. The van der Waals surface area contributed by atoms with Gasteiger partial charge in [-0.25, -0.2) is 8.78 Å². The molecule has 0 aliphatic rings. The average Bonchev–Trinajstić information content (AvgIpc) is 2.80. The molecule has 1 atom stereocenters. The van der Waals surface area contributed by atoms with Crippen molar-refractivity contribution in [2.45, 2.75) is 26.0 Å². The van der Waals surface area contributed by atoms with Crippen LogP contribution in [0, 0.1) is 11.6 Å². The van der Waals surface area contributed by atoms with Crippen molar-refractivity contribution >= 4 is 0 Å². The fourth-order valence-corrected chi connectivity index (χ4v) is 1.84. The highest BCUT2D eigenvalue weighted by Gasteiger charge is 2.08. The molecule has 0 saturated heterocycles. The Balaban J connectivity index is 2.16. The topological polar surface area (TPSA) is 25.2 Å². The largest absolute Gasteiger partial charge is 0.388 e. The third-order valence-corrected chi connectivity index (χ3v) is 2.91. The number of aliphatic hydroxyl groups is 1. The van der Waals surface area contributed by atoms with Crippen LogP contribution in [0.1, 0.15) is 30.6 Å². The first-order chi connectivity index (χ1) is 8.60. The minimum Gasteiger partial charge on any atom is -0.388 e. The molecule has 1 N–H and O–H groups in total. The molecule has 0 amide bonds. The van der Waals surface area contributed by atoms with E-state index in [4.69, 9.17) is 0 Å². The summed E-state index contributed by atoms with van der Waals surface area (Å²) < 4.78 is 28.0. The number of benzene rings is 1. The number of halogens is 2. The molecule has 2 aromatic rings. The van der Waals surface area contributed by atoms with Crippen molar-refractivity contribution in [3.05, 3.63) is 59.4 Å². The molecular formula is C14H15F2NO. The summed E-state index contributed by atoms with van der Waals surface area (Å²) in [7, 11) is 0. The van der Waals surface area contributed by atoms with Gasteiger partial charge in [0.15, 0.2) is 0 Å². The second-order valence-corrected chi connectivity index (χ2v) is 4.28. The maximum atomic E-state index is 13.5. The van der Waals surface area contributed by atoms with E-state index in [1.165, 1.54) is 12.1 Å². The monoisotopic (exact) mass is 251 g/mol. The van der Waals surface area contributed by atoms with E-state index < -0.39 is 17.7 Å². The van der Waals surface area contributed by atoms with Gasteiger partial charge in [0.2, 0.25) is 0 Å². The zero-order valence-electron chi connectivity index (χ0n) is 10.1. The molecule has 1 unspecified atom stereocenters. The first kappa shape index (κ1) is 12.8. The lowest BCUT2D eigenvalue weighted by atomic mass is 10.1. The maximum Gasteiger partial charge on any atom is 0.131 e. The van der Waals surface area contributed by atoms with Crippen LogP contribution >= 0.6 is 0 Å². The van der Waals surface area contributed by atoms with E-state index in [-0.39, 0.29) is 0 Å². The molecule has 1 heterocycles. The Hall–Kier alpha value is -1.68. The van der Waals surface area contributed by atoms with Gasteiger partial charge in [0, 0.05) is 30.6 Å². The zero-order chi connectivity index (χ0) is 13.1. The normalized spacial score (nSPS) is 12.7. The van der Waals surface area contributed by atoms with Crippen LogP contribution in [0.15, 0.2) is 36.7 Å².